The fourth-order valence-electron chi connectivity index (χ4n) is 5.09. The first-order chi connectivity index (χ1) is 20.2. The highest BCUT2D eigenvalue weighted by Crippen LogP contribution is 2.42. The van der Waals surface area contributed by atoms with Crippen LogP contribution in [0.2, 0.25) is 0 Å². The minimum absolute atomic E-state index is 0.0981. The molecule has 2 heterocycles. The van der Waals surface area contributed by atoms with Crippen LogP contribution in [0.5, 0.6) is 11.5 Å². The summed E-state index contributed by atoms with van der Waals surface area (Å²) in [7, 11) is 0. The number of carboxylic acid groups (broad SMARTS) is 1. The van der Waals surface area contributed by atoms with E-state index in [2.05, 4.69) is 0 Å². The maximum atomic E-state index is 12.2. The maximum Gasteiger partial charge on any atom is 0.303 e. The van der Waals surface area contributed by atoms with Gasteiger partial charge >= 0.3 is 5.97 Å². The second kappa shape index (κ2) is 12.5. The largest absolute Gasteiger partial charge is 0.494 e. The second-order valence-electron chi connectivity index (χ2n) is 10.3. The molecule has 1 aliphatic carbocycles. The number of hydrogen-bond acceptors (Lipinski definition) is 10. The lowest BCUT2D eigenvalue weighted by atomic mass is 9.91. The van der Waals surface area contributed by atoms with Crippen LogP contribution >= 0.6 is 0 Å². The van der Waals surface area contributed by atoms with Crippen molar-refractivity contribution in [3.8, 4) is 33.9 Å². The molecular weight excluding hydrogens is 548 g/mol. The Bertz CT molecular complexity index is 1590. The number of aliphatic hydroxyl groups is 4. The Morgan fingerprint density at radius 1 is 0.905 bits per heavy atom. The van der Waals surface area contributed by atoms with Crippen LogP contribution in [-0.2, 0) is 9.53 Å². The van der Waals surface area contributed by atoms with Crippen LogP contribution in [0.1, 0.15) is 24.8 Å². The minimum atomic E-state index is -1.59. The number of aliphatic carboxylic acids is 1. The van der Waals surface area contributed by atoms with E-state index in [0.29, 0.717) is 41.9 Å². The van der Waals surface area contributed by atoms with Crippen molar-refractivity contribution in [1.82, 2.24) is 0 Å². The first-order valence-corrected chi connectivity index (χ1v) is 13.6. The summed E-state index contributed by atoms with van der Waals surface area (Å²) in [5, 5.41) is 49.5. The minimum Gasteiger partial charge on any atom is -0.494 e. The number of aryl methyl sites for hydroxylation is 1. The summed E-state index contributed by atoms with van der Waals surface area (Å²) < 4.78 is 23.2. The van der Waals surface area contributed by atoms with Gasteiger partial charge in [0.15, 0.2) is 5.43 Å². The zero-order valence-corrected chi connectivity index (χ0v) is 22.8. The summed E-state index contributed by atoms with van der Waals surface area (Å²) in [5.74, 6) is 0.398. The molecule has 0 amide bonds. The third kappa shape index (κ3) is 6.10. The zero-order valence-electron chi connectivity index (χ0n) is 22.8. The molecule has 0 aromatic heterocycles. The van der Waals surface area contributed by atoms with E-state index in [0.717, 1.165) is 22.3 Å². The summed E-state index contributed by atoms with van der Waals surface area (Å²) in [6.45, 7) is 1.75. The molecule has 2 aromatic rings. The van der Waals surface area contributed by atoms with E-state index >= 15 is 0 Å². The van der Waals surface area contributed by atoms with Gasteiger partial charge in [-0.2, -0.15) is 0 Å². The van der Waals surface area contributed by atoms with Gasteiger partial charge in [0.25, 0.3) is 0 Å². The Morgan fingerprint density at radius 2 is 1.67 bits per heavy atom. The number of benzene rings is 3. The normalized spacial score (nSPS) is 22.4. The van der Waals surface area contributed by atoms with E-state index in [1.54, 1.807) is 24.3 Å². The number of unbranched alkanes of at least 4 members (excludes halogenated alkanes) is 1. The van der Waals surface area contributed by atoms with Crippen LogP contribution in [0.15, 0.2) is 63.8 Å². The van der Waals surface area contributed by atoms with Crippen molar-refractivity contribution < 1.29 is 49.0 Å². The molecule has 5 rings (SSSR count). The monoisotopic (exact) mass is 580 g/mol. The fourth-order valence-corrected chi connectivity index (χ4v) is 5.09. The molecule has 0 bridgehead atoms. The zero-order chi connectivity index (χ0) is 30.0. The van der Waals surface area contributed by atoms with E-state index in [-0.39, 0.29) is 17.6 Å². The number of aliphatic hydroxyl groups excluding tert-OH is 4. The molecule has 0 spiro atoms. The van der Waals surface area contributed by atoms with Gasteiger partial charge < -0.3 is 44.2 Å². The van der Waals surface area contributed by atoms with E-state index in [1.807, 2.05) is 25.1 Å². The van der Waals surface area contributed by atoms with Crippen LogP contribution in [0.4, 0.5) is 0 Å². The van der Waals surface area contributed by atoms with Gasteiger partial charge in [-0.3, -0.25) is 9.59 Å². The standard InChI is InChI=1S/C31H32O11/c1-16-12-18(39-11-3-2-4-26(34)35)6-9-20(16)27-21-8-5-17(33)13-23(21)41-24-14-19(7-10-22(24)27)40-31-30(38)29(37)28(36)25(15-32)42-31/h5-10,12-14,25,28-32,36-38H,2-4,11,15H2,1H3,(H,34,35)/t25?,28-,29-,30?,31+/m0/s1. The number of ether oxygens (including phenoxy) is 3. The Hall–Kier alpha value is -4.00. The van der Waals surface area contributed by atoms with Gasteiger partial charge in [-0.05, 0) is 67.3 Å². The van der Waals surface area contributed by atoms with Gasteiger partial charge in [0, 0.05) is 35.1 Å². The van der Waals surface area contributed by atoms with Crippen molar-refractivity contribution in [2.45, 2.75) is 56.9 Å². The van der Waals surface area contributed by atoms with Crippen molar-refractivity contribution >= 4 is 16.9 Å². The molecule has 11 heteroatoms. The predicted molar refractivity (Wildman–Crippen MR) is 151 cm³/mol. The van der Waals surface area contributed by atoms with Crippen LogP contribution in [-0.4, -0.2) is 75.4 Å². The molecular formula is C31H32O11. The molecule has 0 radical (unpaired) electrons. The van der Waals surface area contributed by atoms with Gasteiger partial charge in [-0.1, -0.05) is 6.07 Å². The molecule has 11 nitrogen and oxygen atoms in total. The molecule has 5 N–H and O–H groups in total. The van der Waals surface area contributed by atoms with Gasteiger partial charge in [0.1, 0.15) is 47.3 Å². The topological polar surface area (TPSA) is 176 Å². The van der Waals surface area contributed by atoms with E-state index < -0.39 is 43.3 Å². The lowest BCUT2D eigenvalue weighted by Gasteiger charge is -2.39. The first-order valence-electron chi connectivity index (χ1n) is 13.6. The summed E-state index contributed by atoms with van der Waals surface area (Å²) in [6.07, 6.45) is -5.92. The molecule has 5 atom stereocenters. The molecule has 2 aliphatic heterocycles. The van der Waals surface area contributed by atoms with Crippen molar-refractivity contribution in [3.05, 3.63) is 70.4 Å². The van der Waals surface area contributed by atoms with Crippen LogP contribution in [0.3, 0.4) is 0 Å². The van der Waals surface area contributed by atoms with Gasteiger partial charge in [-0.25, -0.2) is 0 Å². The van der Waals surface area contributed by atoms with Crippen molar-refractivity contribution in [1.29, 1.82) is 0 Å². The van der Waals surface area contributed by atoms with E-state index in [9.17, 15) is 30.0 Å². The van der Waals surface area contributed by atoms with Crippen LogP contribution < -0.4 is 14.9 Å². The first kappa shape index (κ1) is 29.5. The fraction of sp³-hybridized carbons (Fsp3) is 0.355. The number of hydrogen-bond donors (Lipinski definition) is 5. The summed E-state index contributed by atoms with van der Waals surface area (Å²) in [5.41, 5.74) is 3.46. The summed E-state index contributed by atoms with van der Waals surface area (Å²) in [4.78, 5) is 22.9. The Labute approximate surface area is 240 Å². The van der Waals surface area contributed by atoms with E-state index in [4.69, 9.17) is 23.7 Å². The third-order valence-corrected chi connectivity index (χ3v) is 7.29. The smallest absolute Gasteiger partial charge is 0.303 e. The van der Waals surface area contributed by atoms with Crippen LogP contribution in [0, 0.1) is 6.92 Å². The highest BCUT2D eigenvalue weighted by Gasteiger charge is 2.44. The lowest BCUT2D eigenvalue weighted by Crippen LogP contribution is -2.60. The molecule has 2 aromatic carbocycles. The molecule has 1 fully saturated rings. The molecule has 42 heavy (non-hydrogen) atoms. The Balaban J connectivity index is 1.48. The number of rotatable bonds is 10. The quantitative estimate of drug-likeness (QED) is 0.138. The molecule has 0 saturated carbocycles. The highest BCUT2D eigenvalue weighted by atomic mass is 16.7. The second-order valence-corrected chi connectivity index (χ2v) is 10.3. The van der Waals surface area contributed by atoms with Crippen molar-refractivity contribution in [3.63, 3.8) is 0 Å². The highest BCUT2D eigenvalue weighted by molar-refractivity contribution is 6.02. The predicted octanol–water partition coefficient (Wildman–Crippen LogP) is 2.69. The number of fused-ring (bicyclic) bond motifs is 2. The summed E-state index contributed by atoms with van der Waals surface area (Å²) >= 11 is 0. The lowest BCUT2D eigenvalue weighted by molar-refractivity contribution is -0.277. The molecule has 222 valence electrons. The molecule has 1 saturated heterocycles. The Kier molecular flexibility index (Phi) is 8.76. The van der Waals surface area contributed by atoms with Crippen molar-refractivity contribution in [2.75, 3.05) is 13.2 Å². The molecule has 3 aliphatic rings. The average molecular weight is 581 g/mol. The maximum absolute atomic E-state index is 12.2. The SMILES string of the molecule is Cc1cc(OCCCCC(=O)O)ccc1-c1c2ccc(=O)cc-2oc2cc(O[C@@H]3OC(CO)[C@H](O)[C@H](O)C3O)ccc12. The third-order valence-electron chi connectivity index (χ3n) is 7.29. The van der Waals surface area contributed by atoms with Crippen molar-refractivity contribution in [2.24, 2.45) is 0 Å². The number of carboxylic acids is 1. The van der Waals surface area contributed by atoms with Crippen LogP contribution in [0.25, 0.3) is 33.4 Å². The number of carbonyl (C=O) groups is 1. The van der Waals surface area contributed by atoms with E-state index in [1.165, 1.54) is 12.1 Å². The average Bonchev–Trinajstić information content (AvgIpc) is 2.96. The van der Waals surface area contributed by atoms with Gasteiger partial charge in [0.05, 0.1) is 13.2 Å². The molecule has 2 unspecified atom stereocenters. The van der Waals surface area contributed by atoms with Gasteiger partial charge in [-0.15, -0.1) is 0 Å². The van der Waals surface area contributed by atoms with Gasteiger partial charge in [0.2, 0.25) is 6.29 Å². The Morgan fingerprint density at radius 3 is 2.40 bits per heavy atom. The summed E-state index contributed by atoms with van der Waals surface area (Å²) in [6, 6.07) is 15.2.